The van der Waals surface area contributed by atoms with Crippen molar-refractivity contribution in [2.24, 2.45) is 5.92 Å². The fraction of sp³-hybridized carbons (Fsp3) is 0.304. The van der Waals surface area contributed by atoms with E-state index >= 15 is 0 Å². The molecule has 150 valence electrons. The number of thioether (sulfide) groups is 1. The quantitative estimate of drug-likeness (QED) is 0.533. The fourth-order valence-electron chi connectivity index (χ4n) is 3.62. The van der Waals surface area contributed by atoms with Crippen molar-refractivity contribution in [3.05, 3.63) is 72.2 Å². The highest BCUT2D eigenvalue weighted by Gasteiger charge is 2.23. The third-order valence-corrected chi connectivity index (χ3v) is 6.09. The summed E-state index contributed by atoms with van der Waals surface area (Å²) >= 11 is 1.30. The van der Waals surface area contributed by atoms with Crippen LogP contribution >= 0.6 is 11.8 Å². The highest BCUT2D eigenvalue weighted by Crippen LogP contribution is 2.27. The van der Waals surface area contributed by atoms with Crippen molar-refractivity contribution in [1.82, 2.24) is 9.88 Å². The monoisotopic (exact) mass is 410 g/mol. The Kier molecular flexibility index (Phi) is 6.30. The lowest BCUT2D eigenvalue weighted by Gasteiger charge is -2.32. The summed E-state index contributed by atoms with van der Waals surface area (Å²) in [6.45, 7) is 1.62. The molecular weight excluding hydrogens is 387 g/mol. The number of halogens is 1. The van der Waals surface area contributed by atoms with Gasteiger partial charge in [0.25, 0.3) is 5.22 Å². The summed E-state index contributed by atoms with van der Waals surface area (Å²) in [7, 11) is 0. The average molecular weight is 411 g/mol. The van der Waals surface area contributed by atoms with Gasteiger partial charge in [0.1, 0.15) is 5.82 Å². The molecule has 3 aromatic rings. The van der Waals surface area contributed by atoms with E-state index in [9.17, 15) is 9.18 Å². The first-order valence-electron chi connectivity index (χ1n) is 9.83. The van der Waals surface area contributed by atoms with Crippen molar-refractivity contribution in [2.75, 3.05) is 18.8 Å². The Hall–Kier alpha value is -2.60. The Morgan fingerprint density at radius 1 is 1.10 bits per heavy atom. The first kappa shape index (κ1) is 19.7. The van der Waals surface area contributed by atoms with Crippen LogP contribution in [0.25, 0.3) is 11.3 Å². The number of hydrogen-bond acceptors (Lipinski definition) is 4. The summed E-state index contributed by atoms with van der Waals surface area (Å²) in [6.07, 6.45) is 4.77. The van der Waals surface area contributed by atoms with E-state index in [1.165, 1.54) is 29.5 Å². The number of nitrogens with zero attached hydrogens (tertiary/aromatic N) is 2. The zero-order valence-electron chi connectivity index (χ0n) is 16.1. The standard InChI is InChI=1S/C23H23FN2O2S/c24-20-8-6-19(7-9-20)21-15-25-23(28-21)29-16-22(27)26-12-10-18(11-13-26)14-17-4-2-1-3-5-17/h1-9,15,18H,10-14,16H2. The highest BCUT2D eigenvalue weighted by atomic mass is 32.2. The Bertz CT molecular complexity index is 935. The van der Waals surface area contributed by atoms with Gasteiger partial charge in [-0.15, -0.1) is 0 Å². The number of carbonyl (C=O) groups is 1. The third-order valence-electron chi connectivity index (χ3n) is 5.27. The van der Waals surface area contributed by atoms with Gasteiger partial charge in [-0.25, -0.2) is 9.37 Å². The van der Waals surface area contributed by atoms with Gasteiger partial charge in [0.05, 0.1) is 11.9 Å². The van der Waals surface area contributed by atoms with Gasteiger partial charge < -0.3 is 9.32 Å². The number of benzene rings is 2. The second-order valence-corrected chi connectivity index (χ2v) is 8.23. The number of likely N-dealkylation sites (tertiary alicyclic amines) is 1. The topological polar surface area (TPSA) is 46.3 Å². The number of aromatic nitrogens is 1. The van der Waals surface area contributed by atoms with Gasteiger partial charge in [0.2, 0.25) is 5.91 Å². The van der Waals surface area contributed by atoms with Crippen LogP contribution in [0.3, 0.4) is 0 Å². The van der Waals surface area contributed by atoms with E-state index < -0.39 is 0 Å². The van der Waals surface area contributed by atoms with E-state index in [-0.39, 0.29) is 11.7 Å². The van der Waals surface area contributed by atoms with Crippen molar-refractivity contribution in [3.63, 3.8) is 0 Å². The largest absolute Gasteiger partial charge is 0.431 e. The summed E-state index contributed by atoms with van der Waals surface area (Å²) in [5, 5.41) is 0.455. The minimum absolute atomic E-state index is 0.120. The number of piperidine rings is 1. The maximum atomic E-state index is 13.0. The maximum absolute atomic E-state index is 13.0. The van der Waals surface area contributed by atoms with Crippen molar-refractivity contribution in [2.45, 2.75) is 24.5 Å². The van der Waals surface area contributed by atoms with Gasteiger partial charge in [-0.2, -0.15) is 0 Å². The van der Waals surface area contributed by atoms with Gasteiger partial charge in [-0.3, -0.25) is 4.79 Å². The Labute approximate surface area is 174 Å². The van der Waals surface area contributed by atoms with Crippen LogP contribution in [0.1, 0.15) is 18.4 Å². The number of oxazole rings is 1. The summed E-state index contributed by atoms with van der Waals surface area (Å²) in [5.41, 5.74) is 2.13. The zero-order chi connectivity index (χ0) is 20.1. The smallest absolute Gasteiger partial charge is 0.256 e. The molecule has 1 aromatic heterocycles. The van der Waals surface area contributed by atoms with Crippen LogP contribution < -0.4 is 0 Å². The lowest BCUT2D eigenvalue weighted by atomic mass is 9.90. The molecule has 4 nitrogen and oxygen atoms in total. The molecule has 4 rings (SSSR count). The van der Waals surface area contributed by atoms with E-state index in [1.807, 2.05) is 11.0 Å². The van der Waals surface area contributed by atoms with Crippen LogP contribution in [0.2, 0.25) is 0 Å². The van der Waals surface area contributed by atoms with E-state index in [2.05, 4.69) is 29.2 Å². The molecule has 0 bridgehead atoms. The van der Waals surface area contributed by atoms with Crippen molar-refractivity contribution in [1.29, 1.82) is 0 Å². The van der Waals surface area contributed by atoms with Crippen LogP contribution in [-0.4, -0.2) is 34.6 Å². The number of amides is 1. The molecule has 1 saturated heterocycles. The normalized spacial score (nSPS) is 14.9. The molecule has 0 N–H and O–H groups in total. The zero-order valence-corrected chi connectivity index (χ0v) is 16.9. The predicted molar refractivity (Wildman–Crippen MR) is 112 cm³/mol. The van der Waals surface area contributed by atoms with E-state index in [1.54, 1.807) is 18.3 Å². The number of hydrogen-bond donors (Lipinski definition) is 0. The maximum Gasteiger partial charge on any atom is 0.256 e. The second-order valence-electron chi connectivity index (χ2n) is 7.30. The van der Waals surface area contributed by atoms with Gasteiger partial charge in [-0.05, 0) is 55.0 Å². The average Bonchev–Trinajstić information content (AvgIpc) is 3.23. The minimum atomic E-state index is -0.291. The van der Waals surface area contributed by atoms with Crippen molar-refractivity contribution >= 4 is 17.7 Å². The molecular formula is C23H23FN2O2S. The first-order chi connectivity index (χ1) is 14.2. The van der Waals surface area contributed by atoms with Crippen LogP contribution in [-0.2, 0) is 11.2 Å². The van der Waals surface area contributed by atoms with Gasteiger partial charge >= 0.3 is 0 Å². The highest BCUT2D eigenvalue weighted by molar-refractivity contribution is 7.99. The molecule has 1 aliphatic heterocycles. The molecule has 0 radical (unpaired) electrons. The first-order valence-corrected chi connectivity index (χ1v) is 10.8. The van der Waals surface area contributed by atoms with Gasteiger partial charge in [0.15, 0.2) is 5.76 Å². The van der Waals surface area contributed by atoms with Gasteiger partial charge in [0, 0.05) is 18.7 Å². The molecule has 2 aromatic carbocycles. The minimum Gasteiger partial charge on any atom is -0.431 e. The van der Waals surface area contributed by atoms with Crippen molar-refractivity contribution in [3.8, 4) is 11.3 Å². The molecule has 2 heterocycles. The number of carbonyl (C=O) groups excluding carboxylic acids is 1. The molecule has 0 atom stereocenters. The predicted octanol–water partition coefficient (Wildman–Crippen LogP) is 5.05. The molecule has 6 heteroatoms. The Balaban J connectivity index is 1.24. The SMILES string of the molecule is O=C(CSc1ncc(-c2ccc(F)cc2)o1)N1CCC(Cc2ccccc2)CC1. The van der Waals surface area contributed by atoms with E-state index in [0.29, 0.717) is 22.7 Å². The molecule has 1 amide bonds. The van der Waals surface area contributed by atoms with Gasteiger partial charge in [-0.1, -0.05) is 42.1 Å². The molecule has 0 spiro atoms. The lowest BCUT2D eigenvalue weighted by Crippen LogP contribution is -2.39. The van der Waals surface area contributed by atoms with Crippen molar-refractivity contribution < 1.29 is 13.6 Å². The molecule has 1 aliphatic rings. The second kappa shape index (κ2) is 9.27. The molecule has 0 aliphatic carbocycles. The van der Waals surface area contributed by atoms with E-state index in [4.69, 9.17) is 4.42 Å². The van der Waals surface area contributed by atoms with E-state index in [0.717, 1.165) is 37.9 Å². The van der Waals surface area contributed by atoms with Crippen LogP contribution in [0.4, 0.5) is 4.39 Å². The van der Waals surface area contributed by atoms with Crippen LogP contribution in [0.5, 0.6) is 0 Å². The number of rotatable bonds is 6. The fourth-order valence-corrected chi connectivity index (χ4v) is 4.33. The molecule has 0 unspecified atom stereocenters. The van der Waals surface area contributed by atoms with Crippen LogP contribution in [0, 0.1) is 11.7 Å². The summed E-state index contributed by atoms with van der Waals surface area (Å²) in [4.78, 5) is 18.7. The third kappa shape index (κ3) is 5.26. The summed E-state index contributed by atoms with van der Waals surface area (Å²) in [5.74, 6) is 1.35. The molecule has 29 heavy (non-hydrogen) atoms. The Morgan fingerprint density at radius 2 is 1.83 bits per heavy atom. The Morgan fingerprint density at radius 3 is 2.55 bits per heavy atom. The summed E-state index contributed by atoms with van der Waals surface area (Å²) in [6, 6.07) is 16.6. The molecule has 1 fully saturated rings. The van der Waals surface area contributed by atoms with Crippen LogP contribution in [0.15, 0.2) is 70.4 Å². The lowest BCUT2D eigenvalue weighted by molar-refractivity contribution is -0.129. The summed E-state index contributed by atoms with van der Waals surface area (Å²) < 4.78 is 18.7. The molecule has 0 saturated carbocycles.